The maximum Gasteiger partial charge on any atom is 0.255 e. The molecule has 4 N–H and O–H groups in total. The first-order valence-electron chi connectivity index (χ1n) is 9.07. The van der Waals surface area contributed by atoms with Gasteiger partial charge in [0.1, 0.15) is 0 Å². The van der Waals surface area contributed by atoms with Crippen molar-refractivity contribution in [3.05, 3.63) is 59.7 Å². The second kappa shape index (κ2) is 10.4. The molecule has 2 amide bonds. The van der Waals surface area contributed by atoms with E-state index in [1.54, 1.807) is 18.2 Å². The van der Waals surface area contributed by atoms with Gasteiger partial charge in [-0.3, -0.25) is 9.59 Å². The number of carbonyl (C=O) groups excluding carboxylic acids is 2. The van der Waals surface area contributed by atoms with Crippen LogP contribution in [0.4, 0.5) is 11.4 Å². The number of unbranched alkanes of at least 4 members (excludes halogenated alkanes) is 3. The zero-order valence-electron chi connectivity index (χ0n) is 15.3. The Morgan fingerprint density at radius 1 is 0.923 bits per heavy atom. The Balaban J connectivity index is 1.92. The molecule has 5 heteroatoms. The monoisotopic (exact) mass is 353 g/mol. The van der Waals surface area contributed by atoms with Crippen LogP contribution in [0, 0.1) is 6.92 Å². The molecule has 0 atom stereocenters. The van der Waals surface area contributed by atoms with Crippen molar-refractivity contribution in [2.45, 2.75) is 39.0 Å². The summed E-state index contributed by atoms with van der Waals surface area (Å²) in [5, 5.41) is 5.80. The van der Waals surface area contributed by atoms with Crippen LogP contribution >= 0.6 is 0 Å². The first-order valence-corrected chi connectivity index (χ1v) is 9.07. The van der Waals surface area contributed by atoms with Gasteiger partial charge in [0.15, 0.2) is 0 Å². The lowest BCUT2D eigenvalue weighted by atomic mass is 10.1. The van der Waals surface area contributed by atoms with Gasteiger partial charge in [0, 0.05) is 23.4 Å². The molecule has 0 saturated heterocycles. The summed E-state index contributed by atoms with van der Waals surface area (Å²) in [7, 11) is 0. The number of aryl methyl sites for hydroxylation is 1. The Bertz CT molecular complexity index is 729. The molecule has 2 rings (SSSR count). The average Bonchev–Trinajstić information content (AvgIpc) is 2.65. The molecule has 0 aliphatic carbocycles. The van der Waals surface area contributed by atoms with E-state index < -0.39 is 0 Å². The van der Waals surface area contributed by atoms with Crippen LogP contribution in [0.15, 0.2) is 48.5 Å². The van der Waals surface area contributed by atoms with Crippen molar-refractivity contribution in [1.29, 1.82) is 0 Å². The number of hydrogen-bond donors (Lipinski definition) is 3. The van der Waals surface area contributed by atoms with Crippen molar-refractivity contribution in [3.8, 4) is 0 Å². The molecule has 0 radical (unpaired) electrons. The van der Waals surface area contributed by atoms with Gasteiger partial charge in [-0.2, -0.15) is 0 Å². The minimum Gasteiger partial charge on any atom is -0.330 e. The lowest BCUT2D eigenvalue weighted by Crippen LogP contribution is -2.14. The molecule has 26 heavy (non-hydrogen) atoms. The van der Waals surface area contributed by atoms with Crippen molar-refractivity contribution in [3.63, 3.8) is 0 Å². The third-order valence-corrected chi connectivity index (χ3v) is 4.16. The number of nitrogens with two attached hydrogens (primary N) is 1. The van der Waals surface area contributed by atoms with Crippen molar-refractivity contribution in [1.82, 2.24) is 0 Å². The molecule has 2 aromatic rings. The lowest BCUT2D eigenvalue weighted by molar-refractivity contribution is -0.116. The van der Waals surface area contributed by atoms with Crippen molar-refractivity contribution < 1.29 is 9.59 Å². The van der Waals surface area contributed by atoms with E-state index in [-0.39, 0.29) is 11.8 Å². The summed E-state index contributed by atoms with van der Waals surface area (Å²) in [6.07, 6.45) is 4.42. The second-order valence-corrected chi connectivity index (χ2v) is 6.35. The zero-order valence-corrected chi connectivity index (χ0v) is 15.3. The molecular weight excluding hydrogens is 326 g/mol. The van der Waals surface area contributed by atoms with E-state index in [1.165, 1.54) is 0 Å². The minimum absolute atomic E-state index is 0.00705. The number of benzene rings is 2. The smallest absolute Gasteiger partial charge is 0.255 e. The fourth-order valence-electron chi connectivity index (χ4n) is 2.62. The van der Waals surface area contributed by atoms with Crippen LogP contribution in [0.1, 0.15) is 48.0 Å². The summed E-state index contributed by atoms with van der Waals surface area (Å²) < 4.78 is 0. The third-order valence-electron chi connectivity index (χ3n) is 4.16. The molecule has 5 nitrogen and oxygen atoms in total. The van der Waals surface area contributed by atoms with Crippen LogP contribution in [0.25, 0.3) is 0 Å². The van der Waals surface area contributed by atoms with E-state index in [0.29, 0.717) is 24.2 Å². The van der Waals surface area contributed by atoms with Crippen LogP contribution < -0.4 is 16.4 Å². The average molecular weight is 353 g/mol. The molecule has 0 aromatic heterocycles. The van der Waals surface area contributed by atoms with Gasteiger partial charge in [-0.1, -0.05) is 37.1 Å². The minimum atomic E-state index is -0.174. The van der Waals surface area contributed by atoms with Gasteiger partial charge >= 0.3 is 0 Å². The maximum atomic E-state index is 12.3. The quantitative estimate of drug-likeness (QED) is 0.594. The number of hydrogen-bond acceptors (Lipinski definition) is 3. The lowest BCUT2D eigenvalue weighted by Gasteiger charge is -2.12. The summed E-state index contributed by atoms with van der Waals surface area (Å²) in [5.41, 5.74) is 8.40. The number of carbonyl (C=O) groups is 2. The Morgan fingerprint density at radius 2 is 1.65 bits per heavy atom. The van der Waals surface area contributed by atoms with Crippen molar-refractivity contribution >= 4 is 23.2 Å². The van der Waals surface area contributed by atoms with Gasteiger partial charge in [-0.05, 0) is 56.1 Å². The highest BCUT2D eigenvalue weighted by Crippen LogP contribution is 2.21. The summed E-state index contributed by atoms with van der Waals surface area (Å²) in [6.45, 7) is 2.63. The van der Waals surface area contributed by atoms with E-state index in [2.05, 4.69) is 10.6 Å². The number of anilines is 2. The first kappa shape index (κ1) is 19.7. The standard InChI is InChI=1S/C21H27N3O2/c1-16-12-13-18(23-21(26)17-9-5-4-6-10-17)15-19(16)24-20(25)11-7-2-3-8-14-22/h4-6,9-10,12-13,15H,2-3,7-8,11,14,22H2,1H3,(H,23,26)(H,24,25). The predicted molar refractivity (Wildman–Crippen MR) is 106 cm³/mol. The normalized spacial score (nSPS) is 10.4. The molecule has 138 valence electrons. The topological polar surface area (TPSA) is 84.2 Å². The largest absolute Gasteiger partial charge is 0.330 e. The molecule has 0 heterocycles. The second-order valence-electron chi connectivity index (χ2n) is 6.35. The number of rotatable bonds is 9. The Labute approximate surface area is 155 Å². The molecule has 0 bridgehead atoms. The highest BCUT2D eigenvalue weighted by molar-refractivity contribution is 6.04. The highest BCUT2D eigenvalue weighted by atomic mass is 16.2. The molecule has 0 fully saturated rings. The van der Waals surface area contributed by atoms with Crippen LogP contribution in [0.3, 0.4) is 0 Å². The fraction of sp³-hybridized carbons (Fsp3) is 0.333. The Kier molecular flexibility index (Phi) is 7.83. The van der Waals surface area contributed by atoms with Crippen LogP contribution in [0.2, 0.25) is 0 Å². The fourth-order valence-corrected chi connectivity index (χ4v) is 2.62. The highest BCUT2D eigenvalue weighted by Gasteiger charge is 2.09. The van der Waals surface area contributed by atoms with E-state index in [1.807, 2.05) is 37.3 Å². The van der Waals surface area contributed by atoms with E-state index >= 15 is 0 Å². The Hall–Kier alpha value is -2.66. The molecule has 0 unspecified atom stereocenters. The summed E-state index contributed by atoms with van der Waals surface area (Å²) in [4.78, 5) is 24.4. The van der Waals surface area contributed by atoms with Gasteiger partial charge in [-0.15, -0.1) is 0 Å². The van der Waals surface area contributed by atoms with Gasteiger partial charge in [-0.25, -0.2) is 0 Å². The molecule has 0 aliphatic rings. The summed E-state index contributed by atoms with van der Waals surface area (Å²) >= 11 is 0. The van der Waals surface area contributed by atoms with Gasteiger partial charge < -0.3 is 16.4 Å². The summed E-state index contributed by atoms with van der Waals surface area (Å²) in [5.74, 6) is -0.181. The van der Waals surface area contributed by atoms with Crippen LogP contribution in [-0.4, -0.2) is 18.4 Å². The number of nitrogens with one attached hydrogen (secondary N) is 2. The molecule has 0 saturated carbocycles. The maximum absolute atomic E-state index is 12.3. The molecule has 2 aromatic carbocycles. The van der Waals surface area contributed by atoms with Gasteiger partial charge in [0.25, 0.3) is 5.91 Å². The summed E-state index contributed by atoms with van der Waals surface area (Å²) in [6, 6.07) is 14.5. The van der Waals surface area contributed by atoms with Gasteiger partial charge in [0.05, 0.1) is 0 Å². The SMILES string of the molecule is Cc1ccc(NC(=O)c2ccccc2)cc1NC(=O)CCCCCCN. The van der Waals surface area contributed by atoms with E-state index in [0.717, 1.165) is 36.9 Å². The van der Waals surface area contributed by atoms with Crippen LogP contribution in [-0.2, 0) is 4.79 Å². The van der Waals surface area contributed by atoms with E-state index in [9.17, 15) is 9.59 Å². The number of amides is 2. The third kappa shape index (κ3) is 6.33. The van der Waals surface area contributed by atoms with E-state index in [4.69, 9.17) is 5.73 Å². The molecule has 0 aliphatic heterocycles. The first-order chi connectivity index (χ1) is 12.6. The van der Waals surface area contributed by atoms with Crippen molar-refractivity contribution in [2.24, 2.45) is 5.73 Å². The molecule has 0 spiro atoms. The van der Waals surface area contributed by atoms with Crippen LogP contribution in [0.5, 0.6) is 0 Å². The molecular formula is C21H27N3O2. The predicted octanol–water partition coefficient (Wildman–Crippen LogP) is 4.10. The zero-order chi connectivity index (χ0) is 18.8. The van der Waals surface area contributed by atoms with Gasteiger partial charge in [0.2, 0.25) is 5.91 Å². The van der Waals surface area contributed by atoms with Crippen molar-refractivity contribution in [2.75, 3.05) is 17.2 Å². The Morgan fingerprint density at radius 3 is 2.38 bits per heavy atom.